The predicted molar refractivity (Wildman–Crippen MR) is 80.0 cm³/mol. The molecule has 4 atom stereocenters. The van der Waals surface area contributed by atoms with Crippen LogP contribution in [-0.4, -0.2) is 0 Å². The van der Waals surface area contributed by atoms with Gasteiger partial charge in [-0.05, 0) is 67.1 Å². The minimum Gasteiger partial charge on any atom is -0.0623 e. The summed E-state index contributed by atoms with van der Waals surface area (Å²) in [4.78, 5) is 0. The first-order chi connectivity index (χ1) is 8.49. The highest BCUT2D eigenvalue weighted by Gasteiger charge is 2.28. The van der Waals surface area contributed by atoms with Crippen LogP contribution in [0, 0.1) is 31.6 Å². The summed E-state index contributed by atoms with van der Waals surface area (Å²) >= 11 is 0. The average molecular weight is 244 g/mol. The second-order valence-corrected chi connectivity index (χ2v) is 6.66. The van der Waals surface area contributed by atoms with E-state index >= 15 is 0 Å². The van der Waals surface area contributed by atoms with Crippen molar-refractivity contribution in [1.29, 1.82) is 0 Å². The van der Waals surface area contributed by atoms with E-state index in [1.54, 1.807) is 5.56 Å². The molecule has 0 saturated heterocycles. The van der Waals surface area contributed by atoms with Gasteiger partial charge in [0, 0.05) is 0 Å². The molecule has 100 valence electrons. The molecule has 4 unspecified atom stereocenters. The maximum atomic E-state index is 2.43. The smallest absolute Gasteiger partial charge is 0.0162 e. The second kappa shape index (κ2) is 5.47. The molecule has 0 heterocycles. The van der Waals surface area contributed by atoms with Gasteiger partial charge in [-0.3, -0.25) is 0 Å². The minimum atomic E-state index is 0.722. The van der Waals surface area contributed by atoms with E-state index in [0.29, 0.717) is 0 Å². The van der Waals surface area contributed by atoms with Gasteiger partial charge in [-0.2, -0.15) is 0 Å². The van der Waals surface area contributed by atoms with Gasteiger partial charge in [0.1, 0.15) is 0 Å². The van der Waals surface area contributed by atoms with Crippen LogP contribution in [0.15, 0.2) is 18.2 Å². The Morgan fingerprint density at radius 3 is 2.33 bits per heavy atom. The zero-order chi connectivity index (χ0) is 13.3. The molecular weight excluding hydrogens is 216 g/mol. The predicted octanol–water partition coefficient (Wildman–Crippen LogP) is 5.48. The van der Waals surface area contributed by atoms with E-state index in [9.17, 15) is 0 Å². The minimum absolute atomic E-state index is 0.722. The van der Waals surface area contributed by atoms with Crippen LogP contribution in [0.4, 0.5) is 0 Å². The van der Waals surface area contributed by atoms with Crippen molar-refractivity contribution >= 4 is 0 Å². The third-order valence-electron chi connectivity index (χ3n) is 5.40. The van der Waals surface area contributed by atoms with Crippen LogP contribution < -0.4 is 0 Å². The normalized spacial score (nSPS) is 30.2. The first-order valence-electron chi connectivity index (χ1n) is 7.56. The van der Waals surface area contributed by atoms with E-state index in [1.807, 2.05) is 0 Å². The summed E-state index contributed by atoms with van der Waals surface area (Å²) < 4.78 is 0. The number of rotatable bonds is 2. The first kappa shape index (κ1) is 13.6. The van der Waals surface area contributed by atoms with Gasteiger partial charge >= 0.3 is 0 Å². The molecule has 0 radical (unpaired) electrons. The lowest BCUT2D eigenvalue weighted by atomic mass is 9.70. The maximum Gasteiger partial charge on any atom is -0.0162 e. The molecule has 2 rings (SSSR count). The van der Waals surface area contributed by atoms with E-state index in [1.165, 1.54) is 30.4 Å². The SMILES string of the molecule is Cc1ccc(C(C)C2CCC(C)C(C)C2)cc1C. The van der Waals surface area contributed by atoms with Crippen molar-refractivity contribution in [3.8, 4) is 0 Å². The Morgan fingerprint density at radius 1 is 1.00 bits per heavy atom. The monoisotopic (exact) mass is 244 g/mol. The van der Waals surface area contributed by atoms with Gasteiger partial charge in [0.15, 0.2) is 0 Å². The van der Waals surface area contributed by atoms with Gasteiger partial charge in [0.25, 0.3) is 0 Å². The molecule has 0 heteroatoms. The van der Waals surface area contributed by atoms with Crippen molar-refractivity contribution in [2.75, 3.05) is 0 Å². The van der Waals surface area contributed by atoms with Crippen LogP contribution >= 0.6 is 0 Å². The summed E-state index contributed by atoms with van der Waals surface area (Å²) in [6.45, 7) is 11.7. The van der Waals surface area contributed by atoms with Crippen molar-refractivity contribution < 1.29 is 0 Å². The summed E-state index contributed by atoms with van der Waals surface area (Å²) in [6, 6.07) is 7.04. The molecule has 1 aliphatic rings. The lowest BCUT2D eigenvalue weighted by Crippen LogP contribution is -2.24. The molecule has 1 saturated carbocycles. The van der Waals surface area contributed by atoms with Crippen LogP contribution in [-0.2, 0) is 0 Å². The topological polar surface area (TPSA) is 0 Å². The summed E-state index contributed by atoms with van der Waals surface area (Å²) in [6.07, 6.45) is 4.25. The number of benzene rings is 1. The van der Waals surface area contributed by atoms with E-state index in [-0.39, 0.29) is 0 Å². The molecular formula is C18H28. The van der Waals surface area contributed by atoms with Gasteiger partial charge in [-0.25, -0.2) is 0 Å². The molecule has 0 spiro atoms. The Bertz CT molecular complexity index is 404. The fourth-order valence-electron chi connectivity index (χ4n) is 3.36. The molecule has 1 fully saturated rings. The van der Waals surface area contributed by atoms with Crippen LogP contribution in [0.1, 0.15) is 62.6 Å². The zero-order valence-electron chi connectivity index (χ0n) is 12.7. The van der Waals surface area contributed by atoms with Crippen molar-refractivity contribution in [2.24, 2.45) is 17.8 Å². The number of aryl methyl sites for hydroxylation is 2. The molecule has 0 aromatic heterocycles. The molecule has 0 amide bonds. The van der Waals surface area contributed by atoms with Crippen LogP contribution in [0.2, 0.25) is 0 Å². The molecule has 0 aliphatic heterocycles. The standard InChI is InChI=1S/C18H28/c1-12-6-8-17(10-14(12)3)16(5)18-9-7-13(2)15(4)11-18/h6,8,10,13,15-16,18H,7,9,11H2,1-5H3. The van der Waals surface area contributed by atoms with E-state index in [4.69, 9.17) is 0 Å². The van der Waals surface area contributed by atoms with Gasteiger partial charge < -0.3 is 0 Å². The van der Waals surface area contributed by atoms with Crippen molar-refractivity contribution in [2.45, 2.75) is 59.8 Å². The van der Waals surface area contributed by atoms with Crippen LogP contribution in [0.5, 0.6) is 0 Å². The van der Waals surface area contributed by atoms with Crippen molar-refractivity contribution in [1.82, 2.24) is 0 Å². The average Bonchev–Trinajstić information content (AvgIpc) is 2.35. The highest BCUT2D eigenvalue weighted by atomic mass is 14.3. The fraction of sp³-hybridized carbons (Fsp3) is 0.667. The molecule has 0 N–H and O–H groups in total. The largest absolute Gasteiger partial charge is 0.0623 e. The van der Waals surface area contributed by atoms with Gasteiger partial charge in [-0.15, -0.1) is 0 Å². The summed E-state index contributed by atoms with van der Waals surface area (Å²) in [5, 5.41) is 0. The molecule has 1 aliphatic carbocycles. The molecule has 0 bridgehead atoms. The molecule has 1 aromatic carbocycles. The second-order valence-electron chi connectivity index (χ2n) is 6.66. The van der Waals surface area contributed by atoms with Crippen LogP contribution in [0.25, 0.3) is 0 Å². The zero-order valence-corrected chi connectivity index (χ0v) is 12.7. The lowest BCUT2D eigenvalue weighted by Gasteiger charge is -2.35. The molecule has 0 nitrogen and oxygen atoms in total. The molecule has 18 heavy (non-hydrogen) atoms. The molecule has 1 aromatic rings. The summed E-state index contributed by atoms with van der Waals surface area (Å²) in [5.41, 5.74) is 4.40. The quantitative estimate of drug-likeness (QED) is 0.646. The Kier molecular flexibility index (Phi) is 4.14. The Labute approximate surface area is 113 Å². The van der Waals surface area contributed by atoms with Crippen molar-refractivity contribution in [3.63, 3.8) is 0 Å². The van der Waals surface area contributed by atoms with Crippen LogP contribution in [0.3, 0.4) is 0 Å². The van der Waals surface area contributed by atoms with E-state index in [2.05, 4.69) is 52.8 Å². The number of hydrogen-bond donors (Lipinski definition) is 0. The number of hydrogen-bond acceptors (Lipinski definition) is 0. The fourth-order valence-corrected chi connectivity index (χ4v) is 3.36. The Hall–Kier alpha value is -0.780. The first-order valence-corrected chi connectivity index (χ1v) is 7.56. The summed E-state index contributed by atoms with van der Waals surface area (Å²) in [7, 11) is 0. The highest BCUT2D eigenvalue weighted by Crippen LogP contribution is 2.40. The third kappa shape index (κ3) is 2.79. The van der Waals surface area contributed by atoms with Gasteiger partial charge in [0.2, 0.25) is 0 Å². The van der Waals surface area contributed by atoms with Crippen molar-refractivity contribution in [3.05, 3.63) is 34.9 Å². The Morgan fingerprint density at radius 2 is 1.72 bits per heavy atom. The van der Waals surface area contributed by atoms with E-state index < -0.39 is 0 Å². The summed E-state index contributed by atoms with van der Waals surface area (Å²) in [5.74, 6) is 3.43. The third-order valence-corrected chi connectivity index (χ3v) is 5.40. The lowest BCUT2D eigenvalue weighted by molar-refractivity contribution is 0.189. The van der Waals surface area contributed by atoms with Gasteiger partial charge in [0.05, 0.1) is 0 Å². The Balaban J connectivity index is 2.11. The van der Waals surface area contributed by atoms with E-state index in [0.717, 1.165) is 23.7 Å². The maximum absolute atomic E-state index is 2.43. The van der Waals surface area contributed by atoms with Gasteiger partial charge in [-0.1, -0.05) is 45.4 Å². The highest BCUT2D eigenvalue weighted by molar-refractivity contribution is 5.32.